The van der Waals surface area contributed by atoms with Crippen molar-refractivity contribution in [1.29, 1.82) is 0 Å². The maximum atomic E-state index is 14.2. The molecule has 0 aromatic heterocycles. The second-order valence-electron chi connectivity index (χ2n) is 6.84. The number of methoxy groups -OCH3 is 1. The summed E-state index contributed by atoms with van der Waals surface area (Å²) in [6.07, 6.45) is -0.841. The number of carbonyl (C=O) groups excluding carboxylic acids is 1. The summed E-state index contributed by atoms with van der Waals surface area (Å²) < 4.78 is 24.9. The van der Waals surface area contributed by atoms with Crippen LogP contribution in [0, 0.1) is 5.82 Å². The highest BCUT2D eigenvalue weighted by Gasteiger charge is 2.32. The zero-order chi connectivity index (χ0) is 20.8. The van der Waals surface area contributed by atoms with E-state index in [0.29, 0.717) is 18.8 Å². The van der Waals surface area contributed by atoms with Crippen molar-refractivity contribution in [3.05, 3.63) is 53.8 Å². The van der Waals surface area contributed by atoms with Crippen LogP contribution in [0.15, 0.2) is 42.5 Å². The lowest BCUT2D eigenvalue weighted by atomic mass is 10.1. The molecule has 0 saturated carbocycles. The first kappa shape index (κ1) is 20.9. The lowest BCUT2D eigenvalue weighted by molar-refractivity contribution is 0.138. The molecule has 7 nitrogen and oxygen atoms in total. The second-order valence-corrected chi connectivity index (χ2v) is 6.84. The van der Waals surface area contributed by atoms with Crippen molar-refractivity contribution < 1.29 is 23.8 Å². The molecule has 2 atom stereocenters. The minimum atomic E-state index is -0.499. The fraction of sp³-hybridized carbons (Fsp3) is 0.381. The molecule has 1 fully saturated rings. The third kappa shape index (κ3) is 5.16. The molecule has 1 saturated heterocycles. The molecule has 0 spiro atoms. The van der Waals surface area contributed by atoms with Gasteiger partial charge in [0.15, 0.2) is 0 Å². The van der Waals surface area contributed by atoms with E-state index in [1.165, 1.54) is 11.0 Å². The first-order chi connectivity index (χ1) is 14.0. The average molecular weight is 403 g/mol. The van der Waals surface area contributed by atoms with Crippen LogP contribution in [0.1, 0.15) is 18.5 Å². The van der Waals surface area contributed by atoms with Crippen LogP contribution in [0.4, 0.5) is 20.6 Å². The van der Waals surface area contributed by atoms with E-state index in [1.807, 2.05) is 31.2 Å². The zero-order valence-corrected chi connectivity index (χ0v) is 16.5. The number of amides is 1. The molecule has 1 heterocycles. The number of aliphatic hydroxyl groups is 1. The van der Waals surface area contributed by atoms with Crippen molar-refractivity contribution in [2.45, 2.75) is 19.1 Å². The summed E-state index contributed by atoms with van der Waals surface area (Å²) in [5.74, 6) is 0.297. The Bertz CT molecular complexity index is 848. The number of carbonyl (C=O) groups is 1. The van der Waals surface area contributed by atoms with Crippen molar-refractivity contribution in [3.63, 3.8) is 0 Å². The van der Waals surface area contributed by atoms with E-state index < -0.39 is 11.9 Å². The second kappa shape index (κ2) is 9.58. The van der Waals surface area contributed by atoms with Crippen LogP contribution in [0.2, 0.25) is 0 Å². The number of rotatable bonds is 9. The molecule has 1 aliphatic rings. The van der Waals surface area contributed by atoms with E-state index in [0.717, 1.165) is 11.3 Å². The molecule has 3 rings (SSSR count). The minimum absolute atomic E-state index is 0.0483. The van der Waals surface area contributed by atoms with E-state index in [9.17, 15) is 9.18 Å². The summed E-state index contributed by atoms with van der Waals surface area (Å²) in [7, 11) is 1.63. The summed E-state index contributed by atoms with van der Waals surface area (Å²) in [6, 6.07) is 12.3. The highest BCUT2D eigenvalue weighted by Crippen LogP contribution is 2.26. The number of hydrogen-bond donors (Lipinski definition) is 3. The SMILES string of the molecule is COc1cccc([C@H](C)NC[C@@H]2CN(c3ccc(NCCO)c(F)c3)C(=O)O2)c1. The fourth-order valence-electron chi connectivity index (χ4n) is 3.18. The van der Waals surface area contributed by atoms with Gasteiger partial charge in [-0.25, -0.2) is 9.18 Å². The van der Waals surface area contributed by atoms with Gasteiger partial charge in [-0.15, -0.1) is 0 Å². The van der Waals surface area contributed by atoms with Gasteiger partial charge in [-0.05, 0) is 42.8 Å². The number of aliphatic hydroxyl groups excluding tert-OH is 1. The zero-order valence-electron chi connectivity index (χ0n) is 16.5. The van der Waals surface area contributed by atoms with Gasteiger partial charge in [0.05, 0.1) is 31.6 Å². The van der Waals surface area contributed by atoms with Crippen molar-refractivity contribution in [2.24, 2.45) is 0 Å². The molecular weight excluding hydrogens is 377 g/mol. The predicted molar refractivity (Wildman–Crippen MR) is 109 cm³/mol. The van der Waals surface area contributed by atoms with Gasteiger partial charge in [-0.2, -0.15) is 0 Å². The maximum Gasteiger partial charge on any atom is 0.414 e. The molecule has 1 aliphatic heterocycles. The number of hydrogen-bond acceptors (Lipinski definition) is 6. The molecule has 0 bridgehead atoms. The lowest BCUT2D eigenvalue weighted by Crippen LogP contribution is -2.32. The van der Waals surface area contributed by atoms with Crippen LogP contribution in [0.25, 0.3) is 0 Å². The smallest absolute Gasteiger partial charge is 0.414 e. The number of benzene rings is 2. The minimum Gasteiger partial charge on any atom is -0.497 e. The van der Waals surface area contributed by atoms with E-state index in [2.05, 4.69) is 10.6 Å². The van der Waals surface area contributed by atoms with Gasteiger partial charge >= 0.3 is 6.09 Å². The van der Waals surface area contributed by atoms with Crippen LogP contribution in [0.3, 0.4) is 0 Å². The Morgan fingerprint density at radius 1 is 1.34 bits per heavy atom. The molecule has 0 radical (unpaired) electrons. The Labute approximate surface area is 169 Å². The molecule has 29 heavy (non-hydrogen) atoms. The van der Waals surface area contributed by atoms with Gasteiger partial charge in [-0.1, -0.05) is 12.1 Å². The van der Waals surface area contributed by atoms with E-state index in [1.54, 1.807) is 19.2 Å². The van der Waals surface area contributed by atoms with E-state index >= 15 is 0 Å². The Morgan fingerprint density at radius 2 is 2.17 bits per heavy atom. The lowest BCUT2D eigenvalue weighted by Gasteiger charge is -2.17. The number of anilines is 2. The molecule has 156 valence electrons. The van der Waals surface area contributed by atoms with Gasteiger partial charge in [0.2, 0.25) is 0 Å². The number of nitrogens with zero attached hydrogens (tertiary/aromatic N) is 1. The summed E-state index contributed by atoms with van der Waals surface area (Å²) >= 11 is 0. The fourth-order valence-corrected chi connectivity index (χ4v) is 3.18. The molecular formula is C21H26FN3O4. The van der Waals surface area contributed by atoms with Gasteiger partial charge < -0.3 is 25.2 Å². The van der Waals surface area contributed by atoms with Crippen LogP contribution >= 0.6 is 0 Å². The Hall–Kier alpha value is -2.84. The summed E-state index contributed by atoms with van der Waals surface area (Å²) in [4.78, 5) is 13.7. The standard InChI is InChI=1S/C21H26FN3O4/c1-14(15-4-3-5-17(10-15)28-2)24-12-18-13-25(21(27)29-18)16-6-7-20(19(22)11-16)23-8-9-26/h3-7,10-11,14,18,23-24,26H,8-9,12-13H2,1-2H3/t14-,18+/m0/s1. The number of halogens is 1. The summed E-state index contributed by atoms with van der Waals surface area (Å²) in [6.45, 7) is 2.99. The molecule has 2 aromatic carbocycles. The molecule has 8 heteroatoms. The highest BCUT2D eigenvalue weighted by atomic mass is 19.1. The molecule has 2 aromatic rings. The first-order valence-electron chi connectivity index (χ1n) is 9.51. The van der Waals surface area contributed by atoms with Gasteiger partial charge in [-0.3, -0.25) is 4.90 Å². The molecule has 1 amide bonds. The normalized spacial score (nSPS) is 17.2. The van der Waals surface area contributed by atoms with Crippen molar-refractivity contribution in [1.82, 2.24) is 5.32 Å². The number of ether oxygens (including phenoxy) is 2. The molecule has 0 unspecified atom stereocenters. The first-order valence-corrected chi connectivity index (χ1v) is 9.51. The monoisotopic (exact) mass is 403 g/mol. The Kier molecular flexibility index (Phi) is 6.90. The number of nitrogens with one attached hydrogen (secondary N) is 2. The van der Waals surface area contributed by atoms with Crippen molar-refractivity contribution in [3.8, 4) is 5.75 Å². The predicted octanol–water partition coefficient (Wildman–Crippen LogP) is 2.91. The van der Waals surface area contributed by atoms with E-state index in [-0.39, 0.29) is 31.0 Å². The van der Waals surface area contributed by atoms with Crippen LogP contribution in [0.5, 0.6) is 5.75 Å². The number of cyclic esters (lactones) is 1. The van der Waals surface area contributed by atoms with Gasteiger partial charge in [0.1, 0.15) is 17.7 Å². The van der Waals surface area contributed by atoms with Crippen LogP contribution in [-0.2, 0) is 4.74 Å². The van der Waals surface area contributed by atoms with Crippen molar-refractivity contribution in [2.75, 3.05) is 43.6 Å². The van der Waals surface area contributed by atoms with Crippen LogP contribution in [-0.4, -0.2) is 50.7 Å². The quantitative estimate of drug-likeness (QED) is 0.597. The Morgan fingerprint density at radius 3 is 2.90 bits per heavy atom. The maximum absolute atomic E-state index is 14.2. The summed E-state index contributed by atoms with van der Waals surface area (Å²) in [5, 5.41) is 15.0. The largest absolute Gasteiger partial charge is 0.497 e. The summed E-state index contributed by atoms with van der Waals surface area (Å²) in [5.41, 5.74) is 1.78. The van der Waals surface area contributed by atoms with E-state index in [4.69, 9.17) is 14.6 Å². The third-order valence-electron chi connectivity index (χ3n) is 4.81. The van der Waals surface area contributed by atoms with Crippen molar-refractivity contribution >= 4 is 17.5 Å². The average Bonchev–Trinajstić information content (AvgIpc) is 3.11. The highest BCUT2D eigenvalue weighted by molar-refractivity contribution is 5.90. The Balaban J connectivity index is 1.58. The molecule has 0 aliphatic carbocycles. The molecule has 3 N–H and O–H groups in total. The topological polar surface area (TPSA) is 83.1 Å². The van der Waals surface area contributed by atoms with Gasteiger partial charge in [0, 0.05) is 19.1 Å². The van der Waals surface area contributed by atoms with Gasteiger partial charge in [0.25, 0.3) is 0 Å². The van der Waals surface area contributed by atoms with Crippen LogP contribution < -0.4 is 20.3 Å². The third-order valence-corrected chi connectivity index (χ3v) is 4.81.